The second-order valence-corrected chi connectivity index (χ2v) is 9.02. The van der Waals surface area contributed by atoms with Crippen LogP contribution in [-0.2, 0) is 9.53 Å². The first-order chi connectivity index (χ1) is 15.5. The van der Waals surface area contributed by atoms with Crippen molar-refractivity contribution in [2.24, 2.45) is 0 Å². The van der Waals surface area contributed by atoms with E-state index in [9.17, 15) is 14.0 Å². The summed E-state index contributed by atoms with van der Waals surface area (Å²) in [6.45, 7) is 1.78. The third-order valence-corrected chi connectivity index (χ3v) is 6.69. The summed E-state index contributed by atoms with van der Waals surface area (Å²) in [4.78, 5) is 34.1. The van der Waals surface area contributed by atoms with Crippen molar-refractivity contribution in [3.63, 3.8) is 0 Å². The fraction of sp³-hybridized carbons (Fsp3) is 0.130. The third-order valence-electron chi connectivity index (χ3n) is 4.70. The van der Waals surface area contributed by atoms with Crippen LogP contribution >= 0.6 is 23.1 Å². The molecule has 2 aromatic carbocycles. The summed E-state index contributed by atoms with van der Waals surface area (Å²) in [6.07, 6.45) is 1.47. The van der Waals surface area contributed by atoms with Crippen LogP contribution in [0.5, 0.6) is 0 Å². The number of anilines is 1. The van der Waals surface area contributed by atoms with Crippen LogP contribution in [0.15, 0.2) is 65.3 Å². The number of rotatable bonds is 6. The van der Waals surface area contributed by atoms with Gasteiger partial charge in [0.15, 0.2) is 0 Å². The van der Waals surface area contributed by atoms with Crippen LogP contribution in [0.1, 0.15) is 17.3 Å². The number of halogens is 1. The Morgan fingerprint density at radius 1 is 1.16 bits per heavy atom. The van der Waals surface area contributed by atoms with Crippen molar-refractivity contribution in [3.8, 4) is 11.1 Å². The van der Waals surface area contributed by atoms with E-state index < -0.39 is 11.2 Å². The van der Waals surface area contributed by atoms with Gasteiger partial charge in [0.05, 0.1) is 23.3 Å². The molecular formula is C23H18FN3O3S2. The molecule has 162 valence electrons. The highest BCUT2D eigenvalue weighted by Gasteiger charge is 2.20. The first kappa shape index (κ1) is 21.9. The van der Waals surface area contributed by atoms with E-state index in [1.807, 2.05) is 5.38 Å². The van der Waals surface area contributed by atoms with Crippen molar-refractivity contribution in [2.75, 3.05) is 12.4 Å². The Bertz CT molecular complexity index is 1290. The number of thiophene rings is 1. The van der Waals surface area contributed by atoms with Crippen molar-refractivity contribution >= 4 is 50.9 Å². The summed E-state index contributed by atoms with van der Waals surface area (Å²) in [5.41, 5.74) is 2.60. The quantitative estimate of drug-likeness (QED) is 0.232. The highest BCUT2D eigenvalue weighted by molar-refractivity contribution is 8.00. The lowest BCUT2D eigenvalue weighted by molar-refractivity contribution is -0.115. The Hall–Kier alpha value is -3.30. The number of nitrogens with zero attached hydrogens (tertiary/aromatic N) is 2. The lowest BCUT2D eigenvalue weighted by Crippen LogP contribution is -2.22. The number of ether oxygens (including phenoxy) is 1. The summed E-state index contributed by atoms with van der Waals surface area (Å²) in [5.74, 6) is -1.01. The second kappa shape index (κ2) is 9.46. The van der Waals surface area contributed by atoms with Crippen molar-refractivity contribution in [3.05, 3.63) is 71.6 Å². The van der Waals surface area contributed by atoms with Crippen molar-refractivity contribution in [1.82, 2.24) is 9.97 Å². The summed E-state index contributed by atoms with van der Waals surface area (Å²) >= 11 is 2.78. The Balaban J connectivity index is 1.57. The number of hydrogen-bond donors (Lipinski definition) is 1. The number of methoxy groups -OCH3 is 1. The van der Waals surface area contributed by atoms with Crippen LogP contribution in [0.25, 0.3) is 21.3 Å². The van der Waals surface area contributed by atoms with E-state index in [0.29, 0.717) is 16.3 Å². The van der Waals surface area contributed by atoms with Gasteiger partial charge in [0, 0.05) is 16.6 Å². The minimum Gasteiger partial charge on any atom is -0.465 e. The molecule has 0 fully saturated rings. The van der Waals surface area contributed by atoms with E-state index in [-0.39, 0.29) is 11.7 Å². The highest BCUT2D eigenvalue weighted by atomic mass is 32.2. The van der Waals surface area contributed by atoms with E-state index >= 15 is 0 Å². The zero-order valence-electron chi connectivity index (χ0n) is 17.2. The molecule has 0 bridgehead atoms. The number of nitrogens with one attached hydrogen (secondary N) is 1. The summed E-state index contributed by atoms with van der Waals surface area (Å²) in [5, 5.41) is 5.81. The lowest BCUT2D eigenvalue weighted by Gasteiger charge is -2.13. The molecule has 0 saturated heterocycles. The van der Waals surface area contributed by atoms with Gasteiger partial charge in [0.25, 0.3) is 0 Å². The van der Waals surface area contributed by atoms with Crippen LogP contribution in [-0.4, -0.2) is 34.2 Å². The molecule has 1 unspecified atom stereocenters. The topological polar surface area (TPSA) is 81.2 Å². The molecule has 1 atom stereocenters. The van der Waals surface area contributed by atoms with Gasteiger partial charge in [-0.3, -0.25) is 4.79 Å². The fourth-order valence-electron chi connectivity index (χ4n) is 3.09. The maximum Gasteiger partial charge on any atom is 0.337 e. The maximum absolute atomic E-state index is 13.4. The standard InChI is InChI=1S/C23H18FN3O3S2/c1-13(20(28)27-17-5-3-4-15(10-17)23(29)30-2)32-22-19-18(11-31-21(19)25-12-26-22)14-6-8-16(24)9-7-14/h3-13H,1-2H3,(H,27,28). The summed E-state index contributed by atoms with van der Waals surface area (Å²) < 4.78 is 18.1. The number of carbonyl (C=O) groups excluding carboxylic acids is 2. The Labute approximate surface area is 191 Å². The molecule has 0 aliphatic heterocycles. The molecule has 2 aromatic heterocycles. The Kier molecular flexibility index (Phi) is 6.48. The van der Waals surface area contributed by atoms with Gasteiger partial charge in [-0.05, 0) is 42.8 Å². The van der Waals surface area contributed by atoms with Gasteiger partial charge >= 0.3 is 5.97 Å². The number of fused-ring (bicyclic) bond motifs is 1. The SMILES string of the molecule is COC(=O)c1cccc(NC(=O)C(C)Sc2ncnc3scc(-c4ccc(F)cc4)c23)c1. The zero-order chi connectivity index (χ0) is 22.7. The van der Waals surface area contributed by atoms with Gasteiger partial charge in [0.1, 0.15) is 22.0 Å². The molecule has 0 spiro atoms. The van der Waals surface area contributed by atoms with Gasteiger partial charge in [-0.2, -0.15) is 0 Å². The van der Waals surface area contributed by atoms with E-state index in [4.69, 9.17) is 4.74 Å². The lowest BCUT2D eigenvalue weighted by atomic mass is 10.1. The first-order valence-electron chi connectivity index (χ1n) is 9.60. The monoisotopic (exact) mass is 467 g/mol. The van der Waals surface area contributed by atoms with E-state index in [2.05, 4.69) is 15.3 Å². The van der Waals surface area contributed by atoms with E-state index in [0.717, 1.165) is 21.3 Å². The van der Waals surface area contributed by atoms with Crippen LogP contribution in [0.2, 0.25) is 0 Å². The van der Waals surface area contributed by atoms with Gasteiger partial charge < -0.3 is 10.1 Å². The van der Waals surface area contributed by atoms with Crippen molar-refractivity contribution in [2.45, 2.75) is 17.2 Å². The number of benzene rings is 2. The zero-order valence-corrected chi connectivity index (χ0v) is 18.8. The molecule has 0 radical (unpaired) electrons. The smallest absolute Gasteiger partial charge is 0.337 e. The number of thioether (sulfide) groups is 1. The molecule has 2 heterocycles. The van der Waals surface area contributed by atoms with Gasteiger partial charge in [-0.25, -0.2) is 19.2 Å². The predicted octanol–water partition coefficient (Wildman–Crippen LogP) is 5.40. The molecule has 0 saturated carbocycles. The van der Waals surface area contributed by atoms with Crippen molar-refractivity contribution < 1.29 is 18.7 Å². The molecule has 0 aliphatic carbocycles. The van der Waals surface area contributed by atoms with Crippen LogP contribution in [0.3, 0.4) is 0 Å². The van der Waals surface area contributed by atoms with Crippen LogP contribution in [0.4, 0.5) is 10.1 Å². The van der Waals surface area contributed by atoms with Gasteiger partial charge in [0.2, 0.25) is 5.91 Å². The molecule has 1 N–H and O–H groups in total. The summed E-state index contributed by atoms with van der Waals surface area (Å²) in [6, 6.07) is 12.8. The molecule has 1 amide bonds. The highest BCUT2D eigenvalue weighted by Crippen LogP contribution is 2.39. The molecule has 9 heteroatoms. The number of carbonyl (C=O) groups is 2. The Morgan fingerprint density at radius 3 is 2.69 bits per heavy atom. The van der Waals surface area contributed by atoms with Crippen LogP contribution in [0, 0.1) is 5.82 Å². The molecular weight excluding hydrogens is 449 g/mol. The normalized spacial score (nSPS) is 11.8. The molecule has 4 aromatic rings. The van der Waals surface area contributed by atoms with E-state index in [1.54, 1.807) is 43.3 Å². The maximum atomic E-state index is 13.4. The number of hydrogen-bond acceptors (Lipinski definition) is 7. The third kappa shape index (κ3) is 4.63. The molecule has 0 aliphatic rings. The number of amides is 1. The first-order valence-corrected chi connectivity index (χ1v) is 11.4. The van der Waals surface area contributed by atoms with Crippen LogP contribution < -0.4 is 5.32 Å². The largest absolute Gasteiger partial charge is 0.465 e. The predicted molar refractivity (Wildman–Crippen MR) is 125 cm³/mol. The fourth-order valence-corrected chi connectivity index (χ4v) is 5.00. The Morgan fingerprint density at radius 2 is 1.94 bits per heavy atom. The average Bonchev–Trinajstić information content (AvgIpc) is 3.24. The molecule has 4 rings (SSSR count). The van der Waals surface area contributed by atoms with Crippen molar-refractivity contribution in [1.29, 1.82) is 0 Å². The van der Waals surface area contributed by atoms with E-state index in [1.165, 1.54) is 48.7 Å². The molecule has 6 nitrogen and oxygen atoms in total. The second-order valence-electron chi connectivity index (χ2n) is 6.84. The number of esters is 1. The summed E-state index contributed by atoms with van der Waals surface area (Å²) in [7, 11) is 1.30. The minimum absolute atomic E-state index is 0.234. The minimum atomic E-state index is -0.476. The number of aromatic nitrogens is 2. The van der Waals surface area contributed by atoms with Gasteiger partial charge in [-0.1, -0.05) is 30.0 Å². The average molecular weight is 468 g/mol. The van der Waals surface area contributed by atoms with Gasteiger partial charge in [-0.15, -0.1) is 11.3 Å². The molecule has 32 heavy (non-hydrogen) atoms.